The Morgan fingerprint density at radius 3 is 2.31 bits per heavy atom. The molecule has 8 heteroatoms. The monoisotopic (exact) mass is 460 g/mol. The predicted octanol–water partition coefficient (Wildman–Crippen LogP) is 1.76. The fraction of sp³-hybridized carbons (Fsp3) is 0.458. The number of benzene rings is 2. The Labute approximate surface area is 191 Å². The quantitative estimate of drug-likeness (QED) is 0.524. The molecule has 1 saturated heterocycles. The van der Waals surface area contributed by atoms with Crippen LogP contribution in [0.25, 0.3) is 0 Å². The first-order valence-electron chi connectivity index (χ1n) is 11.1. The van der Waals surface area contributed by atoms with Crippen LogP contribution >= 0.6 is 0 Å². The number of nitrogens with one attached hydrogen (secondary N) is 3. The molecule has 3 N–H and O–H groups in total. The Balaban J connectivity index is 1.72. The number of quaternary nitrogens is 1. The zero-order chi connectivity index (χ0) is 23.3. The topological polar surface area (TPSA) is 88.9 Å². The summed E-state index contributed by atoms with van der Waals surface area (Å²) < 4.78 is 34.6. The van der Waals surface area contributed by atoms with Crippen LogP contribution in [0.1, 0.15) is 39.0 Å². The second-order valence-electron chi connectivity index (χ2n) is 8.46. The minimum Gasteiger partial charge on any atom is -0.370 e. The average molecular weight is 461 g/mol. The van der Waals surface area contributed by atoms with Crippen molar-refractivity contribution >= 4 is 21.6 Å². The molecule has 7 nitrogen and oxygen atoms in total. The van der Waals surface area contributed by atoms with E-state index in [1.807, 2.05) is 33.8 Å². The highest BCUT2D eigenvalue weighted by Gasteiger charge is 2.24. The van der Waals surface area contributed by atoms with Gasteiger partial charge in [-0.15, -0.1) is 0 Å². The standard InChI is InChI=1S/C24H33N3O4S/c1-17-16-18(2)20(4)23(19(17)3)32(29,30)26-22-9-6-5-8-21(22)24(28)25-10-7-11-27-12-14-31-15-13-27/h5-6,8-9,16,26H,7,10-15H2,1-4H3,(H,25,28)/p+1. The largest absolute Gasteiger partial charge is 0.370 e. The third-order valence-corrected chi connectivity index (χ3v) is 7.81. The Hall–Kier alpha value is -2.42. The molecule has 32 heavy (non-hydrogen) atoms. The first-order chi connectivity index (χ1) is 15.2. The second kappa shape index (κ2) is 10.5. The summed E-state index contributed by atoms with van der Waals surface area (Å²) in [6.07, 6.45) is 0.857. The van der Waals surface area contributed by atoms with E-state index in [1.165, 1.54) is 4.90 Å². The van der Waals surface area contributed by atoms with E-state index in [9.17, 15) is 13.2 Å². The Kier molecular flexibility index (Phi) is 7.92. The third-order valence-electron chi connectivity index (χ3n) is 6.17. The maximum absolute atomic E-state index is 13.3. The Bertz CT molecular complexity index is 1050. The number of hydrogen-bond acceptors (Lipinski definition) is 4. The number of carbonyl (C=O) groups is 1. The maximum atomic E-state index is 13.3. The molecule has 2 aromatic carbocycles. The van der Waals surface area contributed by atoms with Gasteiger partial charge in [-0.2, -0.15) is 0 Å². The zero-order valence-electron chi connectivity index (χ0n) is 19.4. The summed E-state index contributed by atoms with van der Waals surface area (Å²) in [4.78, 5) is 14.6. The molecule has 0 spiro atoms. The molecule has 0 atom stereocenters. The van der Waals surface area contributed by atoms with Crippen molar-refractivity contribution in [1.29, 1.82) is 0 Å². The summed E-state index contributed by atoms with van der Waals surface area (Å²) in [5, 5.41) is 2.93. The van der Waals surface area contributed by atoms with Crippen molar-refractivity contribution in [2.45, 2.75) is 39.0 Å². The number of rotatable bonds is 8. The molecular weight excluding hydrogens is 426 g/mol. The summed E-state index contributed by atoms with van der Waals surface area (Å²) in [5.41, 5.74) is 3.86. The molecule has 0 radical (unpaired) electrons. The van der Waals surface area contributed by atoms with E-state index < -0.39 is 10.0 Å². The SMILES string of the molecule is Cc1cc(C)c(C)c(S(=O)(=O)Nc2ccccc2C(=O)NCCC[NH+]2CCOCC2)c1C. The van der Waals surface area contributed by atoms with Gasteiger partial charge >= 0.3 is 0 Å². The number of sulfonamides is 1. The highest BCUT2D eigenvalue weighted by Crippen LogP contribution is 2.28. The van der Waals surface area contributed by atoms with E-state index in [1.54, 1.807) is 24.3 Å². The number of morpholine rings is 1. The van der Waals surface area contributed by atoms with Crippen molar-refractivity contribution in [3.8, 4) is 0 Å². The van der Waals surface area contributed by atoms with Crippen LogP contribution in [-0.2, 0) is 14.8 Å². The van der Waals surface area contributed by atoms with Crippen LogP contribution in [0.5, 0.6) is 0 Å². The molecule has 1 heterocycles. The fourth-order valence-corrected chi connectivity index (χ4v) is 5.79. The molecule has 0 bridgehead atoms. The summed E-state index contributed by atoms with van der Waals surface area (Å²) in [6, 6.07) is 8.71. The second-order valence-corrected chi connectivity index (χ2v) is 10.1. The number of aryl methyl sites for hydroxylation is 2. The first kappa shape index (κ1) is 24.2. The highest BCUT2D eigenvalue weighted by atomic mass is 32.2. The highest BCUT2D eigenvalue weighted by molar-refractivity contribution is 7.92. The van der Waals surface area contributed by atoms with Gasteiger partial charge in [-0.3, -0.25) is 9.52 Å². The van der Waals surface area contributed by atoms with Gasteiger partial charge in [0.15, 0.2) is 0 Å². The lowest BCUT2D eigenvalue weighted by Gasteiger charge is -2.23. The van der Waals surface area contributed by atoms with Gasteiger partial charge < -0.3 is 15.0 Å². The molecule has 3 rings (SSSR count). The molecule has 1 aliphatic rings. The molecule has 1 fully saturated rings. The summed E-state index contributed by atoms with van der Waals surface area (Å²) >= 11 is 0. The van der Waals surface area contributed by atoms with Crippen LogP contribution in [0.3, 0.4) is 0 Å². The fourth-order valence-electron chi connectivity index (χ4n) is 4.10. The molecule has 174 valence electrons. The van der Waals surface area contributed by atoms with E-state index in [0.717, 1.165) is 50.4 Å². The molecule has 0 aromatic heterocycles. The lowest BCUT2D eigenvalue weighted by atomic mass is 10.0. The molecular formula is C24H34N3O4S+. The van der Waals surface area contributed by atoms with Crippen LogP contribution in [-0.4, -0.2) is 53.7 Å². The molecule has 1 amide bonds. The van der Waals surface area contributed by atoms with Crippen molar-refractivity contribution in [3.05, 3.63) is 58.1 Å². The first-order valence-corrected chi connectivity index (χ1v) is 12.6. The Morgan fingerprint density at radius 1 is 1.03 bits per heavy atom. The lowest BCUT2D eigenvalue weighted by molar-refractivity contribution is -0.908. The third kappa shape index (κ3) is 5.68. The normalized spacial score (nSPS) is 14.9. The van der Waals surface area contributed by atoms with Crippen LogP contribution in [0.15, 0.2) is 35.2 Å². The zero-order valence-corrected chi connectivity index (χ0v) is 20.2. The summed E-state index contributed by atoms with van der Waals surface area (Å²) in [7, 11) is -3.86. The van der Waals surface area contributed by atoms with Gasteiger partial charge in [0.05, 0.1) is 35.9 Å². The number of para-hydroxylation sites is 1. The van der Waals surface area contributed by atoms with Crippen molar-refractivity contribution in [2.24, 2.45) is 0 Å². The van der Waals surface area contributed by atoms with E-state index >= 15 is 0 Å². The number of amides is 1. The van der Waals surface area contributed by atoms with Crippen molar-refractivity contribution in [3.63, 3.8) is 0 Å². The Morgan fingerprint density at radius 2 is 1.66 bits per heavy atom. The number of hydrogen-bond donors (Lipinski definition) is 3. The van der Waals surface area contributed by atoms with E-state index in [2.05, 4.69) is 10.0 Å². The van der Waals surface area contributed by atoms with Gasteiger partial charge in [0, 0.05) is 13.0 Å². The lowest BCUT2D eigenvalue weighted by Crippen LogP contribution is -3.14. The van der Waals surface area contributed by atoms with Crippen LogP contribution in [0, 0.1) is 27.7 Å². The minimum absolute atomic E-state index is 0.277. The van der Waals surface area contributed by atoms with Gasteiger partial charge in [-0.1, -0.05) is 18.2 Å². The smallest absolute Gasteiger partial charge is 0.262 e. The van der Waals surface area contributed by atoms with Crippen molar-refractivity contribution in [1.82, 2.24) is 5.32 Å². The van der Waals surface area contributed by atoms with Crippen LogP contribution in [0.4, 0.5) is 5.69 Å². The van der Waals surface area contributed by atoms with Crippen molar-refractivity contribution < 1.29 is 22.8 Å². The summed E-state index contributed by atoms with van der Waals surface area (Å²) in [5.74, 6) is -0.283. The summed E-state index contributed by atoms with van der Waals surface area (Å²) in [6.45, 7) is 12.5. The average Bonchev–Trinajstić information content (AvgIpc) is 2.76. The van der Waals surface area contributed by atoms with Crippen LogP contribution in [0.2, 0.25) is 0 Å². The predicted molar refractivity (Wildman–Crippen MR) is 126 cm³/mol. The van der Waals surface area contributed by atoms with Gasteiger partial charge in [0.2, 0.25) is 0 Å². The number of carbonyl (C=O) groups excluding carboxylic acids is 1. The minimum atomic E-state index is -3.86. The molecule has 1 aliphatic heterocycles. The van der Waals surface area contributed by atoms with E-state index in [4.69, 9.17) is 4.74 Å². The number of anilines is 1. The van der Waals surface area contributed by atoms with E-state index in [-0.39, 0.29) is 16.5 Å². The van der Waals surface area contributed by atoms with Gasteiger partial charge in [-0.25, -0.2) is 8.42 Å². The van der Waals surface area contributed by atoms with E-state index in [0.29, 0.717) is 23.2 Å². The van der Waals surface area contributed by atoms with Crippen LogP contribution < -0.4 is 14.9 Å². The molecule has 2 aromatic rings. The van der Waals surface area contributed by atoms with Gasteiger partial charge in [-0.05, 0) is 62.1 Å². The molecule has 0 saturated carbocycles. The van der Waals surface area contributed by atoms with Crippen molar-refractivity contribution in [2.75, 3.05) is 44.1 Å². The number of ether oxygens (including phenoxy) is 1. The molecule has 0 aliphatic carbocycles. The maximum Gasteiger partial charge on any atom is 0.262 e. The van der Waals surface area contributed by atoms with Gasteiger partial charge in [0.25, 0.3) is 15.9 Å². The molecule has 0 unspecified atom stereocenters. The van der Waals surface area contributed by atoms with Gasteiger partial charge in [0.1, 0.15) is 13.1 Å².